The SMILES string of the molecule is CCc1nnc(-n2nc(C)cc2C)n1N.Cl.Cl. The van der Waals surface area contributed by atoms with Crippen LogP contribution >= 0.6 is 24.8 Å². The fraction of sp³-hybridized carbons (Fsp3) is 0.444. The highest BCUT2D eigenvalue weighted by Crippen LogP contribution is 2.09. The Balaban J connectivity index is 0.00000128. The molecule has 0 fully saturated rings. The van der Waals surface area contributed by atoms with Gasteiger partial charge < -0.3 is 5.84 Å². The van der Waals surface area contributed by atoms with Gasteiger partial charge in [0.05, 0.1) is 5.69 Å². The Hall–Kier alpha value is -1.27. The van der Waals surface area contributed by atoms with Gasteiger partial charge in [0, 0.05) is 12.1 Å². The van der Waals surface area contributed by atoms with Crippen LogP contribution in [0.4, 0.5) is 0 Å². The van der Waals surface area contributed by atoms with E-state index in [4.69, 9.17) is 5.84 Å². The minimum atomic E-state index is 0. The topological polar surface area (TPSA) is 74.5 Å². The van der Waals surface area contributed by atoms with E-state index in [1.807, 2.05) is 26.8 Å². The molecule has 0 saturated carbocycles. The molecule has 0 aliphatic carbocycles. The van der Waals surface area contributed by atoms with Gasteiger partial charge in [0.15, 0.2) is 5.82 Å². The Bertz CT molecular complexity index is 490. The van der Waals surface area contributed by atoms with E-state index in [-0.39, 0.29) is 24.8 Å². The van der Waals surface area contributed by atoms with Crippen molar-refractivity contribution in [2.75, 3.05) is 5.84 Å². The van der Waals surface area contributed by atoms with Crippen LogP contribution in [0.25, 0.3) is 5.95 Å². The molecule has 96 valence electrons. The van der Waals surface area contributed by atoms with Crippen LogP contribution < -0.4 is 5.84 Å². The molecule has 17 heavy (non-hydrogen) atoms. The highest BCUT2D eigenvalue weighted by Gasteiger charge is 2.12. The number of hydrogen-bond acceptors (Lipinski definition) is 4. The van der Waals surface area contributed by atoms with E-state index in [0.717, 1.165) is 23.6 Å². The van der Waals surface area contributed by atoms with E-state index >= 15 is 0 Å². The van der Waals surface area contributed by atoms with Crippen LogP contribution in [0.1, 0.15) is 24.1 Å². The lowest BCUT2D eigenvalue weighted by Crippen LogP contribution is -2.18. The van der Waals surface area contributed by atoms with Crippen molar-refractivity contribution in [3.05, 3.63) is 23.3 Å². The van der Waals surface area contributed by atoms with Crippen LogP contribution in [-0.2, 0) is 6.42 Å². The first-order valence-electron chi connectivity index (χ1n) is 4.86. The van der Waals surface area contributed by atoms with Crippen molar-refractivity contribution in [2.45, 2.75) is 27.2 Å². The fourth-order valence-corrected chi connectivity index (χ4v) is 1.53. The number of nitrogens with two attached hydrogens (primary N) is 1. The predicted molar refractivity (Wildman–Crippen MR) is 70.6 cm³/mol. The molecule has 0 spiro atoms. The number of hydrogen-bond donors (Lipinski definition) is 1. The van der Waals surface area contributed by atoms with Crippen molar-refractivity contribution >= 4 is 24.8 Å². The lowest BCUT2D eigenvalue weighted by molar-refractivity contribution is 0.733. The maximum atomic E-state index is 5.85. The van der Waals surface area contributed by atoms with Crippen molar-refractivity contribution in [1.29, 1.82) is 0 Å². The van der Waals surface area contributed by atoms with Gasteiger partial charge in [-0.15, -0.1) is 35.0 Å². The van der Waals surface area contributed by atoms with Crippen molar-refractivity contribution in [3.8, 4) is 5.95 Å². The van der Waals surface area contributed by atoms with Gasteiger partial charge in [-0.2, -0.15) is 5.10 Å². The van der Waals surface area contributed by atoms with Crippen LogP contribution in [0, 0.1) is 13.8 Å². The third kappa shape index (κ3) is 2.70. The zero-order valence-corrected chi connectivity index (χ0v) is 11.5. The van der Waals surface area contributed by atoms with Gasteiger partial charge in [-0.25, -0.2) is 9.36 Å². The first-order chi connectivity index (χ1) is 7.13. The molecule has 6 nitrogen and oxygen atoms in total. The molecule has 0 atom stereocenters. The molecule has 0 amide bonds. The largest absolute Gasteiger partial charge is 0.335 e. The van der Waals surface area contributed by atoms with Crippen molar-refractivity contribution in [1.82, 2.24) is 24.7 Å². The Morgan fingerprint density at radius 1 is 1.24 bits per heavy atom. The van der Waals surface area contributed by atoms with Gasteiger partial charge in [-0.3, -0.25) is 0 Å². The van der Waals surface area contributed by atoms with E-state index in [0.29, 0.717) is 5.95 Å². The molecule has 2 N–H and O–H groups in total. The number of aromatic nitrogens is 5. The minimum absolute atomic E-state index is 0. The van der Waals surface area contributed by atoms with E-state index in [2.05, 4.69) is 15.3 Å². The first kappa shape index (κ1) is 15.7. The molecular formula is C9H16Cl2N6. The molecule has 0 bridgehead atoms. The number of aryl methyl sites for hydroxylation is 3. The molecule has 0 aliphatic rings. The molecule has 0 aromatic carbocycles. The molecule has 2 rings (SSSR count). The maximum absolute atomic E-state index is 5.85. The van der Waals surface area contributed by atoms with E-state index in [1.165, 1.54) is 4.68 Å². The van der Waals surface area contributed by atoms with Gasteiger partial charge in [-0.05, 0) is 19.9 Å². The van der Waals surface area contributed by atoms with Crippen LogP contribution in [0.2, 0.25) is 0 Å². The molecule has 2 heterocycles. The second kappa shape index (κ2) is 5.88. The summed E-state index contributed by atoms with van der Waals surface area (Å²) in [4.78, 5) is 0. The summed E-state index contributed by atoms with van der Waals surface area (Å²) < 4.78 is 3.17. The Morgan fingerprint density at radius 3 is 2.29 bits per heavy atom. The third-order valence-electron chi connectivity index (χ3n) is 2.26. The van der Waals surface area contributed by atoms with Crippen molar-refractivity contribution in [3.63, 3.8) is 0 Å². The Morgan fingerprint density at radius 2 is 1.88 bits per heavy atom. The van der Waals surface area contributed by atoms with E-state index < -0.39 is 0 Å². The summed E-state index contributed by atoms with van der Waals surface area (Å²) in [6.45, 7) is 5.88. The second-order valence-electron chi connectivity index (χ2n) is 3.48. The second-order valence-corrected chi connectivity index (χ2v) is 3.48. The lowest BCUT2D eigenvalue weighted by Gasteiger charge is -2.03. The monoisotopic (exact) mass is 278 g/mol. The van der Waals surface area contributed by atoms with Crippen molar-refractivity contribution in [2.24, 2.45) is 0 Å². The molecule has 0 aliphatic heterocycles. The summed E-state index contributed by atoms with van der Waals surface area (Å²) >= 11 is 0. The minimum Gasteiger partial charge on any atom is -0.335 e. The van der Waals surface area contributed by atoms with Gasteiger partial charge in [-0.1, -0.05) is 6.92 Å². The molecule has 0 unspecified atom stereocenters. The molecule has 2 aromatic heterocycles. The summed E-state index contributed by atoms with van der Waals surface area (Å²) in [6, 6.07) is 1.97. The molecule has 2 aromatic rings. The van der Waals surface area contributed by atoms with Gasteiger partial charge in [0.1, 0.15) is 0 Å². The summed E-state index contributed by atoms with van der Waals surface area (Å²) in [5.41, 5.74) is 1.93. The summed E-state index contributed by atoms with van der Waals surface area (Å²) in [7, 11) is 0. The lowest BCUT2D eigenvalue weighted by atomic mass is 10.4. The highest BCUT2D eigenvalue weighted by atomic mass is 35.5. The Labute approximate surface area is 112 Å². The quantitative estimate of drug-likeness (QED) is 0.838. The zero-order chi connectivity index (χ0) is 11.0. The predicted octanol–water partition coefficient (Wildman–Crippen LogP) is 1.20. The molecule has 8 heteroatoms. The smallest absolute Gasteiger partial charge is 0.270 e. The van der Waals surface area contributed by atoms with Crippen molar-refractivity contribution < 1.29 is 0 Å². The average molecular weight is 279 g/mol. The maximum Gasteiger partial charge on any atom is 0.270 e. The van der Waals surface area contributed by atoms with Gasteiger partial charge in [0.25, 0.3) is 5.95 Å². The number of rotatable bonds is 2. The Kier molecular flexibility index (Phi) is 5.44. The molecule has 0 radical (unpaired) electrons. The van der Waals surface area contributed by atoms with E-state index in [1.54, 1.807) is 4.68 Å². The number of nitrogen functional groups attached to an aromatic ring is 1. The van der Waals surface area contributed by atoms with E-state index in [9.17, 15) is 0 Å². The van der Waals surface area contributed by atoms with Gasteiger partial charge >= 0.3 is 0 Å². The molecular weight excluding hydrogens is 263 g/mol. The highest BCUT2D eigenvalue weighted by molar-refractivity contribution is 5.85. The summed E-state index contributed by atoms with van der Waals surface area (Å²) in [6.07, 6.45) is 0.753. The summed E-state index contributed by atoms with van der Waals surface area (Å²) in [5.74, 6) is 7.16. The number of nitrogens with zero attached hydrogens (tertiary/aromatic N) is 5. The number of halogens is 2. The average Bonchev–Trinajstić information content (AvgIpc) is 2.69. The van der Waals surface area contributed by atoms with Crippen LogP contribution in [0.3, 0.4) is 0 Å². The fourth-order valence-electron chi connectivity index (χ4n) is 1.53. The summed E-state index contributed by atoms with van der Waals surface area (Å²) in [5, 5.41) is 12.3. The zero-order valence-electron chi connectivity index (χ0n) is 9.91. The first-order valence-corrected chi connectivity index (χ1v) is 4.86. The van der Waals surface area contributed by atoms with Crippen LogP contribution in [0.5, 0.6) is 0 Å². The third-order valence-corrected chi connectivity index (χ3v) is 2.26. The molecule has 0 saturated heterocycles. The van der Waals surface area contributed by atoms with Gasteiger partial charge in [0.2, 0.25) is 0 Å². The van der Waals surface area contributed by atoms with Crippen LogP contribution in [0.15, 0.2) is 6.07 Å². The standard InChI is InChI=1S/C9H14N6.2ClH/c1-4-8-11-12-9(14(8)10)15-7(3)5-6(2)13-15;;/h5H,4,10H2,1-3H3;2*1H. The normalized spacial score (nSPS) is 9.59. The van der Waals surface area contributed by atoms with Crippen LogP contribution in [-0.4, -0.2) is 24.7 Å².